The predicted molar refractivity (Wildman–Crippen MR) is 79.7 cm³/mol. The van der Waals surface area contributed by atoms with Crippen molar-refractivity contribution in [1.29, 1.82) is 0 Å². The second-order valence-electron chi connectivity index (χ2n) is 5.27. The largest absolute Gasteiger partial charge is 0.212 e. The molecule has 0 atom stereocenters. The van der Waals surface area contributed by atoms with Crippen molar-refractivity contribution in [3.8, 4) is 0 Å². The molecule has 19 heavy (non-hydrogen) atoms. The van der Waals surface area contributed by atoms with E-state index in [-0.39, 0.29) is 5.83 Å². The van der Waals surface area contributed by atoms with Crippen LogP contribution >= 0.6 is 0 Å². The molecule has 2 aromatic carbocycles. The Bertz CT molecular complexity index is 699. The van der Waals surface area contributed by atoms with E-state index >= 15 is 0 Å². The molecule has 3 rings (SSSR count). The van der Waals surface area contributed by atoms with Crippen LogP contribution in [0.4, 0.5) is 4.39 Å². The van der Waals surface area contributed by atoms with Gasteiger partial charge in [-0.2, -0.15) is 0 Å². The zero-order chi connectivity index (χ0) is 13.4. The molecule has 1 aliphatic carbocycles. The molecule has 0 heterocycles. The summed E-state index contributed by atoms with van der Waals surface area (Å²) in [7, 11) is 0. The van der Waals surface area contributed by atoms with Gasteiger partial charge in [-0.15, -0.1) is 0 Å². The summed E-state index contributed by atoms with van der Waals surface area (Å²) in [5, 5.41) is 2.56. The van der Waals surface area contributed by atoms with Crippen LogP contribution in [0, 0.1) is 6.92 Å². The Morgan fingerprint density at radius 3 is 2.47 bits per heavy atom. The van der Waals surface area contributed by atoms with Gasteiger partial charge in [-0.1, -0.05) is 42.0 Å². The summed E-state index contributed by atoms with van der Waals surface area (Å²) in [6.45, 7) is 4.18. The highest BCUT2D eigenvalue weighted by atomic mass is 19.1. The van der Waals surface area contributed by atoms with Crippen LogP contribution in [0.2, 0.25) is 0 Å². The first-order chi connectivity index (χ1) is 9.16. The van der Waals surface area contributed by atoms with Crippen molar-refractivity contribution in [2.75, 3.05) is 0 Å². The number of benzene rings is 2. The van der Waals surface area contributed by atoms with Gasteiger partial charge in [0.1, 0.15) is 5.83 Å². The van der Waals surface area contributed by atoms with Crippen LogP contribution in [0.15, 0.2) is 53.9 Å². The molecule has 0 aromatic heterocycles. The minimum Gasteiger partial charge on any atom is -0.212 e. The summed E-state index contributed by atoms with van der Waals surface area (Å²) in [6.07, 6.45) is 2.86. The molecular formula is C18H17F. The molecule has 1 aliphatic rings. The molecule has 0 fully saturated rings. The highest BCUT2D eigenvalue weighted by Crippen LogP contribution is 2.36. The van der Waals surface area contributed by atoms with Crippen molar-refractivity contribution in [3.05, 3.63) is 65.0 Å². The SMILES string of the molecule is CC1=C(c2cccc3cccc(C)c23)CC=C(F)C1. The van der Waals surface area contributed by atoms with Gasteiger partial charge in [-0.25, -0.2) is 4.39 Å². The third-order valence-corrected chi connectivity index (χ3v) is 3.92. The first-order valence-corrected chi connectivity index (χ1v) is 6.68. The van der Waals surface area contributed by atoms with E-state index in [0.29, 0.717) is 12.8 Å². The molecular weight excluding hydrogens is 235 g/mol. The van der Waals surface area contributed by atoms with Gasteiger partial charge in [0, 0.05) is 6.42 Å². The van der Waals surface area contributed by atoms with Crippen LogP contribution in [0.25, 0.3) is 16.3 Å². The van der Waals surface area contributed by atoms with Gasteiger partial charge in [-0.3, -0.25) is 0 Å². The summed E-state index contributed by atoms with van der Waals surface area (Å²) in [5.41, 5.74) is 4.97. The van der Waals surface area contributed by atoms with Crippen LogP contribution in [0.1, 0.15) is 30.9 Å². The van der Waals surface area contributed by atoms with Crippen LogP contribution in [-0.4, -0.2) is 0 Å². The van der Waals surface area contributed by atoms with E-state index in [1.54, 1.807) is 6.08 Å². The average molecular weight is 252 g/mol. The fourth-order valence-corrected chi connectivity index (χ4v) is 2.94. The van der Waals surface area contributed by atoms with Gasteiger partial charge in [0.2, 0.25) is 0 Å². The summed E-state index contributed by atoms with van der Waals surface area (Å²) in [6, 6.07) is 12.8. The topological polar surface area (TPSA) is 0 Å². The minimum absolute atomic E-state index is 0.00166. The number of hydrogen-bond donors (Lipinski definition) is 0. The lowest BCUT2D eigenvalue weighted by atomic mass is 9.87. The molecule has 0 N–H and O–H groups in total. The first-order valence-electron chi connectivity index (χ1n) is 6.68. The zero-order valence-electron chi connectivity index (χ0n) is 11.3. The van der Waals surface area contributed by atoms with E-state index in [9.17, 15) is 4.39 Å². The summed E-state index contributed by atoms with van der Waals surface area (Å²) < 4.78 is 13.3. The van der Waals surface area contributed by atoms with Crippen molar-refractivity contribution in [2.24, 2.45) is 0 Å². The number of halogens is 1. The normalized spacial score (nSPS) is 15.8. The monoisotopic (exact) mass is 252 g/mol. The summed E-state index contributed by atoms with van der Waals surface area (Å²) >= 11 is 0. The third kappa shape index (κ3) is 2.10. The number of aryl methyl sites for hydroxylation is 1. The molecule has 0 saturated heterocycles. The van der Waals surface area contributed by atoms with E-state index in [1.807, 2.05) is 6.92 Å². The second-order valence-corrected chi connectivity index (χ2v) is 5.27. The van der Waals surface area contributed by atoms with Crippen LogP contribution in [0.5, 0.6) is 0 Å². The third-order valence-electron chi connectivity index (χ3n) is 3.92. The number of allylic oxidation sites excluding steroid dienone is 4. The fourth-order valence-electron chi connectivity index (χ4n) is 2.94. The summed E-state index contributed by atoms with van der Waals surface area (Å²) in [5.74, 6) is -0.00166. The predicted octanol–water partition coefficient (Wildman–Crippen LogP) is 5.57. The molecule has 0 aliphatic heterocycles. The van der Waals surface area contributed by atoms with Crippen LogP contribution < -0.4 is 0 Å². The van der Waals surface area contributed by atoms with Gasteiger partial charge < -0.3 is 0 Å². The average Bonchev–Trinajstić information content (AvgIpc) is 2.38. The number of fused-ring (bicyclic) bond motifs is 1. The molecule has 0 unspecified atom stereocenters. The quantitative estimate of drug-likeness (QED) is 0.622. The lowest BCUT2D eigenvalue weighted by molar-refractivity contribution is 0.602. The van der Waals surface area contributed by atoms with Crippen molar-refractivity contribution in [2.45, 2.75) is 26.7 Å². The van der Waals surface area contributed by atoms with Crippen molar-refractivity contribution < 1.29 is 4.39 Å². The van der Waals surface area contributed by atoms with Crippen LogP contribution in [-0.2, 0) is 0 Å². The summed E-state index contributed by atoms with van der Waals surface area (Å²) in [4.78, 5) is 0. The molecule has 0 nitrogen and oxygen atoms in total. The molecule has 0 spiro atoms. The molecule has 0 amide bonds. The Morgan fingerprint density at radius 1 is 1.00 bits per heavy atom. The van der Waals surface area contributed by atoms with Crippen LogP contribution in [0.3, 0.4) is 0 Å². The Balaban J connectivity index is 2.24. The molecule has 96 valence electrons. The van der Waals surface area contributed by atoms with Crippen molar-refractivity contribution >= 4 is 16.3 Å². The van der Waals surface area contributed by atoms with E-state index < -0.39 is 0 Å². The maximum atomic E-state index is 13.3. The molecule has 0 saturated carbocycles. The highest BCUT2D eigenvalue weighted by molar-refractivity contribution is 5.97. The molecule has 0 bridgehead atoms. The van der Waals surface area contributed by atoms with E-state index in [2.05, 4.69) is 43.3 Å². The number of hydrogen-bond acceptors (Lipinski definition) is 0. The van der Waals surface area contributed by atoms with Gasteiger partial charge in [0.05, 0.1) is 0 Å². The van der Waals surface area contributed by atoms with Gasteiger partial charge in [-0.05, 0) is 53.8 Å². The second kappa shape index (κ2) is 4.65. The van der Waals surface area contributed by atoms with Crippen molar-refractivity contribution in [1.82, 2.24) is 0 Å². The van der Waals surface area contributed by atoms with E-state index in [0.717, 1.165) is 5.57 Å². The zero-order valence-corrected chi connectivity index (χ0v) is 11.3. The Kier molecular flexibility index (Phi) is 2.98. The Labute approximate surface area is 113 Å². The van der Waals surface area contributed by atoms with E-state index in [4.69, 9.17) is 0 Å². The first kappa shape index (κ1) is 12.2. The smallest absolute Gasteiger partial charge is 0.100 e. The fraction of sp³-hybridized carbons (Fsp3) is 0.222. The Morgan fingerprint density at radius 2 is 1.74 bits per heavy atom. The number of rotatable bonds is 1. The van der Waals surface area contributed by atoms with Gasteiger partial charge in [0.15, 0.2) is 0 Å². The lowest BCUT2D eigenvalue weighted by Crippen LogP contribution is -1.97. The highest BCUT2D eigenvalue weighted by Gasteiger charge is 2.15. The van der Waals surface area contributed by atoms with Gasteiger partial charge >= 0.3 is 0 Å². The maximum Gasteiger partial charge on any atom is 0.100 e. The van der Waals surface area contributed by atoms with Crippen molar-refractivity contribution in [3.63, 3.8) is 0 Å². The molecule has 2 aromatic rings. The lowest BCUT2D eigenvalue weighted by Gasteiger charge is -2.18. The Hall–Kier alpha value is -1.89. The minimum atomic E-state index is -0.00166. The van der Waals surface area contributed by atoms with Gasteiger partial charge in [0.25, 0.3) is 0 Å². The molecule has 1 heteroatoms. The standard InChI is InChI=1S/C18H17F/c1-12-5-3-6-14-7-4-8-17(18(12)14)16-10-9-15(19)11-13(16)2/h3-9H,10-11H2,1-2H3. The maximum absolute atomic E-state index is 13.3. The van der Waals surface area contributed by atoms with E-state index in [1.165, 1.54) is 27.5 Å². The molecule has 0 radical (unpaired) electrons.